The summed E-state index contributed by atoms with van der Waals surface area (Å²) < 4.78 is 6.02. The minimum absolute atomic E-state index is 0. The van der Waals surface area contributed by atoms with Crippen molar-refractivity contribution in [1.29, 1.82) is 0 Å². The third kappa shape index (κ3) is 4.34. The summed E-state index contributed by atoms with van der Waals surface area (Å²) in [6, 6.07) is 5.75. The molecule has 1 atom stereocenters. The fraction of sp³-hybridized carbons (Fsp3) is 0.533. The monoisotopic (exact) mass is 376 g/mol. The first-order valence-electron chi connectivity index (χ1n) is 7.02. The van der Waals surface area contributed by atoms with E-state index in [1.54, 1.807) is 13.2 Å². The van der Waals surface area contributed by atoms with Gasteiger partial charge in [-0.3, -0.25) is 4.79 Å². The van der Waals surface area contributed by atoms with Crippen molar-refractivity contribution in [3.63, 3.8) is 0 Å². The molecular weight excluding hydrogens is 356 g/mol. The van der Waals surface area contributed by atoms with Crippen molar-refractivity contribution >= 4 is 34.2 Å². The Morgan fingerprint density at radius 3 is 2.90 bits per heavy atom. The summed E-state index contributed by atoms with van der Waals surface area (Å²) in [5.41, 5.74) is 6.33. The zero-order valence-electron chi connectivity index (χ0n) is 12.2. The molecule has 0 bridgehead atoms. The minimum atomic E-state index is 0. The Morgan fingerprint density at radius 1 is 1.48 bits per heavy atom. The first-order valence-corrected chi connectivity index (χ1v) is 7.81. The summed E-state index contributed by atoms with van der Waals surface area (Å²) in [5.74, 6) is 0.762. The number of benzene rings is 1. The van der Waals surface area contributed by atoms with Crippen LogP contribution < -0.4 is 10.5 Å². The van der Waals surface area contributed by atoms with Crippen molar-refractivity contribution < 1.29 is 9.53 Å². The van der Waals surface area contributed by atoms with Crippen molar-refractivity contribution in [3.05, 3.63) is 28.2 Å². The largest absolute Gasteiger partial charge is 0.497 e. The fourth-order valence-corrected chi connectivity index (χ4v) is 3.13. The Labute approximate surface area is 140 Å². The molecule has 0 saturated carbocycles. The highest BCUT2D eigenvalue weighted by Gasteiger charge is 2.28. The predicted octanol–water partition coefficient (Wildman–Crippen LogP) is 3.22. The van der Waals surface area contributed by atoms with Crippen molar-refractivity contribution in [1.82, 2.24) is 4.90 Å². The molecule has 1 amide bonds. The molecule has 21 heavy (non-hydrogen) atoms. The van der Waals surface area contributed by atoms with Crippen LogP contribution in [0.3, 0.4) is 0 Å². The van der Waals surface area contributed by atoms with Gasteiger partial charge in [-0.25, -0.2) is 0 Å². The van der Waals surface area contributed by atoms with Gasteiger partial charge in [0.1, 0.15) is 5.75 Å². The Kier molecular flexibility index (Phi) is 7.49. The molecule has 6 heteroatoms. The maximum absolute atomic E-state index is 12.8. The fourth-order valence-electron chi connectivity index (χ4n) is 2.71. The molecule has 0 radical (unpaired) electrons. The van der Waals surface area contributed by atoms with Gasteiger partial charge in [-0.05, 0) is 66.4 Å². The Morgan fingerprint density at radius 2 is 2.24 bits per heavy atom. The molecule has 1 fully saturated rings. The lowest BCUT2D eigenvalue weighted by Crippen LogP contribution is -2.44. The average Bonchev–Trinajstić information content (AvgIpc) is 2.48. The van der Waals surface area contributed by atoms with Crippen molar-refractivity contribution in [2.75, 3.05) is 20.2 Å². The van der Waals surface area contributed by atoms with Crippen LogP contribution in [0.15, 0.2) is 22.7 Å². The Bertz CT molecular complexity index is 483. The van der Waals surface area contributed by atoms with Gasteiger partial charge >= 0.3 is 0 Å². The van der Waals surface area contributed by atoms with Crippen LogP contribution >= 0.6 is 28.3 Å². The lowest BCUT2D eigenvalue weighted by Gasteiger charge is -2.36. The number of rotatable bonds is 4. The van der Waals surface area contributed by atoms with E-state index in [0.717, 1.165) is 30.3 Å². The van der Waals surface area contributed by atoms with Gasteiger partial charge in [0.25, 0.3) is 5.91 Å². The number of methoxy groups -OCH3 is 1. The van der Waals surface area contributed by atoms with Crippen molar-refractivity contribution in [3.8, 4) is 5.75 Å². The number of hydrogen-bond donors (Lipinski definition) is 1. The lowest BCUT2D eigenvalue weighted by atomic mass is 9.98. The molecule has 2 N–H and O–H groups in total. The number of nitrogens with two attached hydrogens (primary N) is 1. The van der Waals surface area contributed by atoms with Crippen molar-refractivity contribution in [2.45, 2.75) is 31.7 Å². The van der Waals surface area contributed by atoms with Gasteiger partial charge in [-0.2, -0.15) is 0 Å². The molecule has 1 aromatic rings. The minimum Gasteiger partial charge on any atom is -0.497 e. The number of hydrogen-bond acceptors (Lipinski definition) is 3. The molecule has 1 aromatic carbocycles. The predicted molar refractivity (Wildman–Crippen MR) is 90.3 cm³/mol. The van der Waals surface area contributed by atoms with E-state index in [0.29, 0.717) is 17.9 Å². The molecule has 4 nitrogen and oxygen atoms in total. The molecule has 118 valence electrons. The Hall–Kier alpha value is -0.780. The highest BCUT2D eigenvalue weighted by atomic mass is 79.9. The Balaban J connectivity index is 0.00000220. The summed E-state index contributed by atoms with van der Waals surface area (Å²) in [6.45, 7) is 1.43. The van der Waals surface area contributed by atoms with E-state index in [-0.39, 0.29) is 24.4 Å². The molecule has 1 aliphatic rings. The second-order valence-corrected chi connectivity index (χ2v) is 5.93. The van der Waals surface area contributed by atoms with Crippen LogP contribution in [0.5, 0.6) is 5.75 Å². The van der Waals surface area contributed by atoms with Gasteiger partial charge in [-0.1, -0.05) is 0 Å². The molecule has 0 aliphatic carbocycles. The lowest BCUT2D eigenvalue weighted by molar-refractivity contribution is 0.0603. The topological polar surface area (TPSA) is 55.6 Å². The normalized spacial score (nSPS) is 18.0. The molecule has 1 saturated heterocycles. The van der Waals surface area contributed by atoms with Crippen LogP contribution in [0.2, 0.25) is 0 Å². The van der Waals surface area contributed by atoms with Gasteiger partial charge < -0.3 is 15.4 Å². The number of ether oxygens (including phenoxy) is 1. The molecule has 2 rings (SSSR count). The number of carbonyl (C=O) groups excluding carboxylic acids is 1. The molecule has 1 heterocycles. The quantitative estimate of drug-likeness (QED) is 0.876. The van der Waals surface area contributed by atoms with Gasteiger partial charge in [0.15, 0.2) is 0 Å². The van der Waals surface area contributed by atoms with Gasteiger partial charge in [0, 0.05) is 17.1 Å². The summed E-state index contributed by atoms with van der Waals surface area (Å²) in [5, 5.41) is 0. The van der Waals surface area contributed by atoms with Crippen LogP contribution in [0.25, 0.3) is 0 Å². The maximum atomic E-state index is 12.8. The standard InChI is InChI=1S/C15H21BrN2O2.ClH/c1-20-12-5-6-14(16)13(10-12)15(19)18-9-3-2-4-11(18)7-8-17;/h5-6,10-11H,2-4,7-9,17H2,1H3;1H. The first-order chi connectivity index (χ1) is 9.67. The van der Waals surface area contributed by atoms with Crippen LogP contribution in [-0.4, -0.2) is 37.0 Å². The number of nitrogens with zero attached hydrogens (tertiary/aromatic N) is 1. The summed E-state index contributed by atoms with van der Waals surface area (Å²) in [6.07, 6.45) is 4.15. The van der Waals surface area contributed by atoms with Gasteiger partial charge in [-0.15, -0.1) is 12.4 Å². The highest BCUT2D eigenvalue weighted by Crippen LogP contribution is 2.27. The third-order valence-electron chi connectivity index (χ3n) is 3.79. The van der Waals surface area contributed by atoms with Gasteiger partial charge in [0.05, 0.1) is 12.7 Å². The summed E-state index contributed by atoms with van der Waals surface area (Å²) in [4.78, 5) is 14.7. The molecule has 1 aliphatic heterocycles. The van der Waals surface area contributed by atoms with E-state index < -0.39 is 0 Å². The number of carbonyl (C=O) groups is 1. The molecule has 0 spiro atoms. The maximum Gasteiger partial charge on any atom is 0.255 e. The van der Waals surface area contributed by atoms with E-state index in [9.17, 15) is 4.79 Å². The smallest absolute Gasteiger partial charge is 0.255 e. The zero-order valence-corrected chi connectivity index (χ0v) is 14.6. The highest BCUT2D eigenvalue weighted by molar-refractivity contribution is 9.10. The van der Waals surface area contributed by atoms with Crippen LogP contribution in [0.1, 0.15) is 36.0 Å². The zero-order chi connectivity index (χ0) is 14.5. The number of piperidine rings is 1. The summed E-state index contributed by atoms with van der Waals surface area (Å²) in [7, 11) is 1.61. The van der Waals surface area contributed by atoms with Crippen LogP contribution in [0.4, 0.5) is 0 Å². The molecule has 0 aromatic heterocycles. The summed E-state index contributed by atoms with van der Waals surface area (Å²) >= 11 is 3.46. The van der Waals surface area contributed by atoms with Crippen LogP contribution in [0, 0.1) is 0 Å². The van der Waals surface area contributed by atoms with E-state index >= 15 is 0 Å². The van der Waals surface area contributed by atoms with E-state index in [1.165, 1.54) is 6.42 Å². The van der Waals surface area contributed by atoms with E-state index in [4.69, 9.17) is 10.5 Å². The second kappa shape index (κ2) is 8.61. The van der Waals surface area contributed by atoms with E-state index in [2.05, 4.69) is 15.9 Å². The molecule has 1 unspecified atom stereocenters. The van der Waals surface area contributed by atoms with Crippen LogP contribution in [-0.2, 0) is 0 Å². The average molecular weight is 378 g/mol. The SMILES string of the molecule is COc1ccc(Br)c(C(=O)N2CCCCC2CCN)c1.Cl. The van der Waals surface area contributed by atoms with E-state index in [1.807, 2.05) is 17.0 Å². The van der Waals surface area contributed by atoms with Crippen molar-refractivity contribution in [2.24, 2.45) is 5.73 Å². The molecular formula is C15H22BrClN2O2. The number of likely N-dealkylation sites (tertiary alicyclic amines) is 1. The second-order valence-electron chi connectivity index (χ2n) is 5.07. The number of halogens is 2. The third-order valence-corrected chi connectivity index (χ3v) is 4.48. The number of amides is 1. The van der Waals surface area contributed by atoms with Gasteiger partial charge in [0.2, 0.25) is 0 Å². The first kappa shape index (κ1) is 18.3.